The predicted octanol–water partition coefficient (Wildman–Crippen LogP) is 5.68. The van der Waals surface area contributed by atoms with Crippen LogP contribution in [0.3, 0.4) is 0 Å². The lowest BCUT2D eigenvalue weighted by Crippen LogP contribution is -2.08. The van der Waals surface area contributed by atoms with Crippen LogP contribution >= 0.6 is 0 Å². The Bertz CT molecular complexity index is 1230. The fourth-order valence-electron chi connectivity index (χ4n) is 3.47. The molecule has 188 valence electrons. The maximum Gasteiger partial charge on any atom is 0.341 e. The fraction of sp³-hybridized carbons (Fsp3) is 0.241. The van der Waals surface area contributed by atoms with Crippen molar-refractivity contribution in [1.82, 2.24) is 0 Å². The molecule has 0 aliphatic carbocycles. The molecular formula is C29H31NO6. The molecule has 3 rings (SSSR count). The molecule has 0 aliphatic heterocycles. The first-order chi connectivity index (χ1) is 17.5. The zero-order valence-electron chi connectivity index (χ0n) is 21.2. The summed E-state index contributed by atoms with van der Waals surface area (Å²) in [5.41, 5.74) is 5.51. The summed E-state index contributed by atoms with van der Waals surface area (Å²) in [7, 11) is 4.39. The van der Waals surface area contributed by atoms with E-state index in [-0.39, 0.29) is 6.61 Å². The van der Waals surface area contributed by atoms with E-state index in [0.29, 0.717) is 35.0 Å². The van der Waals surface area contributed by atoms with Crippen LogP contribution in [0.1, 0.15) is 34.7 Å². The molecule has 7 heteroatoms. The lowest BCUT2D eigenvalue weighted by Gasteiger charge is -2.15. The summed E-state index contributed by atoms with van der Waals surface area (Å²) in [6.45, 7) is 4.48. The first kappa shape index (κ1) is 26.3. The second-order valence-corrected chi connectivity index (χ2v) is 8.01. The monoisotopic (exact) mass is 489 g/mol. The first-order valence-corrected chi connectivity index (χ1v) is 11.4. The molecule has 0 saturated carbocycles. The molecular weight excluding hydrogens is 458 g/mol. The lowest BCUT2D eigenvalue weighted by molar-refractivity contribution is -0.133. The SMILES string of the molecule is CO/C=C(\C(=O)OC)c1ccccc1COc1cc(/C(C)=N/OCc2ccc(C)cc2)ccc1OC. The summed E-state index contributed by atoms with van der Waals surface area (Å²) < 4.78 is 21.6. The van der Waals surface area contributed by atoms with Crippen molar-refractivity contribution in [2.75, 3.05) is 21.3 Å². The summed E-state index contributed by atoms with van der Waals surface area (Å²) in [6, 6.07) is 21.1. The third-order valence-electron chi connectivity index (χ3n) is 5.47. The second-order valence-electron chi connectivity index (χ2n) is 8.01. The van der Waals surface area contributed by atoms with Crippen LogP contribution in [-0.4, -0.2) is 33.0 Å². The molecule has 3 aromatic carbocycles. The molecule has 0 N–H and O–H groups in total. The van der Waals surface area contributed by atoms with E-state index in [9.17, 15) is 4.79 Å². The van der Waals surface area contributed by atoms with E-state index in [0.717, 1.165) is 16.7 Å². The Balaban J connectivity index is 1.78. The summed E-state index contributed by atoms with van der Waals surface area (Å²) in [4.78, 5) is 17.8. The number of oxime groups is 1. The molecule has 0 bridgehead atoms. The number of benzene rings is 3. The van der Waals surface area contributed by atoms with Crippen LogP contribution in [-0.2, 0) is 32.3 Å². The van der Waals surface area contributed by atoms with E-state index < -0.39 is 5.97 Å². The lowest BCUT2D eigenvalue weighted by atomic mass is 10.0. The predicted molar refractivity (Wildman–Crippen MR) is 139 cm³/mol. The van der Waals surface area contributed by atoms with Crippen LogP contribution < -0.4 is 9.47 Å². The number of ether oxygens (including phenoxy) is 4. The van der Waals surface area contributed by atoms with Gasteiger partial charge in [0.25, 0.3) is 0 Å². The number of methoxy groups -OCH3 is 3. The summed E-state index contributed by atoms with van der Waals surface area (Å²) in [5, 5.41) is 4.26. The fourth-order valence-corrected chi connectivity index (χ4v) is 3.47. The minimum Gasteiger partial charge on any atom is -0.503 e. The van der Waals surface area contributed by atoms with Crippen molar-refractivity contribution in [3.05, 3.63) is 101 Å². The number of hydrogen-bond donors (Lipinski definition) is 0. The average Bonchev–Trinajstić information content (AvgIpc) is 2.91. The van der Waals surface area contributed by atoms with Gasteiger partial charge < -0.3 is 23.8 Å². The highest BCUT2D eigenvalue weighted by Gasteiger charge is 2.17. The van der Waals surface area contributed by atoms with Crippen molar-refractivity contribution in [2.45, 2.75) is 27.1 Å². The molecule has 3 aromatic rings. The zero-order valence-corrected chi connectivity index (χ0v) is 21.2. The molecule has 0 aliphatic rings. The number of hydrogen-bond acceptors (Lipinski definition) is 7. The minimum atomic E-state index is -0.499. The number of aryl methyl sites for hydroxylation is 1. The maximum atomic E-state index is 12.3. The normalized spacial score (nSPS) is 11.6. The van der Waals surface area contributed by atoms with Crippen LogP contribution in [0, 0.1) is 6.92 Å². The number of carbonyl (C=O) groups excluding carboxylic acids is 1. The van der Waals surface area contributed by atoms with Gasteiger partial charge in [0, 0.05) is 5.56 Å². The van der Waals surface area contributed by atoms with Gasteiger partial charge in [-0.2, -0.15) is 0 Å². The average molecular weight is 490 g/mol. The van der Waals surface area contributed by atoms with Gasteiger partial charge in [-0.1, -0.05) is 59.3 Å². The van der Waals surface area contributed by atoms with Crippen LogP contribution in [0.4, 0.5) is 0 Å². The molecule has 0 heterocycles. The van der Waals surface area contributed by atoms with Crippen molar-refractivity contribution in [3.63, 3.8) is 0 Å². The number of rotatable bonds is 11. The minimum absolute atomic E-state index is 0.189. The van der Waals surface area contributed by atoms with Crippen LogP contribution in [0.5, 0.6) is 11.5 Å². The van der Waals surface area contributed by atoms with E-state index in [1.165, 1.54) is 26.0 Å². The van der Waals surface area contributed by atoms with E-state index in [1.54, 1.807) is 7.11 Å². The molecule has 0 atom stereocenters. The summed E-state index contributed by atoms with van der Waals surface area (Å²) in [6.07, 6.45) is 1.36. The van der Waals surface area contributed by atoms with Gasteiger partial charge in [0.15, 0.2) is 11.5 Å². The van der Waals surface area contributed by atoms with Gasteiger partial charge in [0.05, 0.1) is 33.3 Å². The van der Waals surface area contributed by atoms with Crippen molar-refractivity contribution in [1.29, 1.82) is 0 Å². The van der Waals surface area contributed by atoms with Gasteiger partial charge in [0.2, 0.25) is 0 Å². The molecule has 0 amide bonds. The molecule has 0 unspecified atom stereocenters. The van der Waals surface area contributed by atoms with Gasteiger partial charge in [-0.15, -0.1) is 0 Å². The van der Waals surface area contributed by atoms with Gasteiger partial charge in [0.1, 0.15) is 18.8 Å². The second kappa shape index (κ2) is 13.0. The highest BCUT2D eigenvalue weighted by atomic mass is 16.6. The molecule has 7 nitrogen and oxygen atoms in total. The Hall–Kier alpha value is -4.26. The van der Waals surface area contributed by atoms with E-state index >= 15 is 0 Å². The topological polar surface area (TPSA) is 75.6 Å². The van der Waals surface area contributed by atoms with E-state index in [1.807, 2.05) is 80.6 Å². The van der Waals surface area contributed by atoms with Crippen LogP contribution in [0.25, 0.3) is 5.57 Å². The highest BCUT2D eigenvalue weighted by molar-refractivity contribution is 6.16. The van der Waals surface area contributed by atoms with Gasteiger partial charge in [-0.25, -0.2) is 4.79 Å². The largest absolute Gasteiger partial charge is 0.503 e. The van der Waals surface area contributed by atoms with Gasteiger partial charge in [-0.05, 0) is 48.7 Å². The Labute approximate surface area is 211 Å². The van der Waals surface area contributed by atoms with E-state index in [2.05, 4.69) is 5.16 Å². The van der Waals surface area contributed by atoms with Crippen LogP contribution in [0.2, 0.25) is 0 Å². The molecule has 0 radical (unpaired) electrons. The van der Waals surface area contributed by atoms with E-state index in [4.69, 9.17) is 23.8 Å². The quantitative estimate of drug-likeness (QED) is 0.113. The third-order valence-corrected chi connectivity index (χ3v) is 5.47. The Kier molecular flexibility index (Phi) is 9.51. The maximum absolute atomic E-state index is 12.3. The van der Waals surface area contributed by atoms with Crippen molar-refractivity contribution in [3.8, 4) is 11.5 Å². The molecule has 0 saturated heterocycles. The van der Waals surface area contributed by atoms with Crippen molar-refractivity contribution >= 4 is 17.3 Å². The summed E-state index contributed by atoms with van der Waals surface area (Å²) >= 11 is 0. The van der Waals surface area contributed by atoms with Crippen molar-refractivity contribution < 1.29 is 28.6 Å². The number of nitrogens with zero attached hydrogens (tertiary/aromatic N) is 1. The number of carbonyl (C=O) groups is 1. The smallest absolute Gasteiger partial charge is 0.341 e. The first-order valence-electron chi connectivity index (χ1n) is 11.4. The van der Waals surface area contributed by atoms with Crippen molar-refractivity contribution in [2.24, 2.45) is 5.16 Å². The molecule has 0 spiro atoms. The number of esters is 1. The molecule has 0 aromatic heterocycles. The Morgan fingerprint density at radius 3 is 2.36 bits per heavy atom. The zero-order chi connectivity index (χ0) is 25.9. The molecule has 36 heavy (non-hydrogen) atoms. The molecule has 0 fully saturated rings. The van der Waals surface area contributed by atoms with Gasteiger partial charge in [-0.3, -0.25) is 0 Å². The summed E-state index contributed by atoms with van der Waals surface area (Å²) in [5.74, 6) is 0.611. The standard InChI is InChI=1S/C29H31NO6/c1-20-10-12-22(13-11-20)17-36-30-21(2)23-14-15-27(33-4)28(16-23)35-18-24-8-6-7-9-25(24)26(19-32-3)29(31)34-5/h6-16,19H,17-18H2,1-5H3/b26-19-,30-21+. The van der Waals surface area contributed by atoms with Gasteiger partial charge >= 0.3 is 5.97 Å². The third kappa shape index (κ3) is 6.88. The Morgan fingerprint density at radius 1 is 0.917 bits per heavy atom. The Morgan fingerprint density at radius 2 is 1.67 bits per heavy atom. The van der Waals surface area contributed by atoms with Crippen LogP contribution in [0.15, 0.2) is 78.1 Å². The highest BCUT2D eigenvalue weighted by Crippen LogP contribution is 2.30.